The molecule has 2 heterocycles. The van der Waals surface area contributed by atoms with Crippen LogP contribution in [0.15, 0.2) is 4.52 Å². The SMILES string of the molecule is CC1(C(=O)O)CCN(Cc2nc(C(C)(C)C)no2)C1. The maximum atomic E-state index is 11.2. The molecule has 0 aromatic carbocycles. The van der Waals surface area contributed by atoms with E-state index in [4.69, 9.17) is 4.52 Å². The molecule has 0 radical (unpaired) electrons. The van der Waals surface area contributed by atoms with Crippen LogP contribution in [0.1, 0.15) is 45.8 Å². The minimum absolute atomic E-state index is 0.137. The van der Waals surface area contributed by atoms with Gasteiger partial charge in [-0.05, 0) is 19.9 Å². The number of hydrogen-bond donors (Lipinski definition) is 1. The lowest BCUT2D eigenvalue weighted by Crippen LogP contribution is -2.31. The summed E-state index contributed by atoms with van der Waals surface area (Å²) in [7, 11) is 0. The number of aliphatic carboxylic acids is 1. The maximum Gasteiger partial charge on any atom is 0.310 e. The van der Waals surface area contributed by atoms with Crippen molar-refractivity contribution in [2.45, 2.75) is 46.1 Å². The Bertz CT molecular complexity index is 478. The Morgan fingerprint density at radius 1 is 1.53 bits per heavy atom. The molecule has 106 valence electrons. The molecule has 1 N–H and O–H groups in total. The van der Waals surface area contributed by atoms with Gasteiger partial charge < -0.3 is 9.63 Å². The molecule has 1 aromatic rings. The van der Waals surface area contributed by atoms with E-state index >= 15 is 0 Å². The fourth-order valence-corrected chi connectivity index (χ4v) is 2.18. The summed E-state index contributed by atoms with van der Waals surface area (Å²) in [5.41, 5.74) is -0.796. The van der Waals surface area contributed by atoms with Crippen LogP contribution in [0.4, 0.5) is 0 Å². The number of carboxylic acid groups (broad SMARTS) is 1. The van der Waals surface area contributed by atoms with Crippen LogP contribution in [0.5, 0.6) is 0 Å². The van der Waals surface area contributed by atoms with E-state index in [0.29, 0.717) is 31.2 Å². The van der Waals surface area contributed by atoms with Crippen LogP contribution >= 0.6 is 0 Å². The molecule has 1 atom stereocenters. The Hall–Kier alpha value is -1.43. The molecule has 1 saturated heterocycles. The lowest BCUT2D eigenvalue weighted by molar-refractivity contribution is -0.147. The van der Waals surface area contributed by atoms with E-state index in [2.05, 4.69) is 10.1 Å². The number of rotatable bonds is 3. The number of aromatic nitrogens is 2. The third kappa shape index (κ3) is 2.94. The van der Waals surface area contributed by atoms with E-state index < -0.39 is 11.4 Å². The molecule has 2 rings (SSSR count). The van der Waals surface area contributed by atoms with Crippen molar-refractivity contribution >= 4 is 5.97 Å². The van der Waals surface area contributed by atoms with Crippen molar-refractivity contribution in [1.29, 1.82) is 0 Å². The molecule has 0 spiro atoms. The lowest BCUT2D eigenvalue weighted by atomic mass is 9.90. The molecule has 1 aromatic heterocycles. The summed E-state index contributed by atoms with van der Waals surface area (Å²) in [4.78, 5) is 17.6. The molecule has 0 bridgehead atoms. The zero-order chi connectivity index (χ0) is 14.3. The number of carbonyl (C=O) groups is 1. The van der Waals surface area contributed by atoms with Crippen LogP contribution in [-0.4, -0.2) is 39.2 Å². The summed E-state index contributed by atoms with van der Waals surface area (Å²) in [6.45, 7) is 9.65. The highest BCUT2D eigenvalue weighted by Gasteiger charge is 2.40. The third-order valence-electron chi connectivity index (χ3n) is 3.57. The van der Waals surface area contributed by atoms with Crippen molar-refractivity contribution < 1.29 is 14.4 Å². The van der Waals surface area contributed by atoms with Gasteiger partial charge in [0, 0.05) is 12.0 Å². The lowest BCUT2D eigenvalue weighted by Gasteiger charge is -2.18. The van der Waals surface area contributed by atoms with Crippen molar-refractivity contribution in [2.75, 3.05) is 13.1 Å². The quantitative estimate of drug-likeness (QED) is 0.897. The zero-order valence-electron chi connectivity index (χ0n) is 11.9. The second kappa shape index (κ2) is 4.59. The first-order valence-electron chi connectivity index (χ1n) is 6.49. The van der Waals surface area contributed by atoms with E-state index in [1.54, 1.807) is 6.92 Å². The molecule has 1 unspecified atom stereocenters. The van der Waals surface area contributed by atoms with Crippen LogP contribution < -0.4 is 0 Å². The molecule has 6 heteroatoms. The summed E-state index contributed by atoms with van der Waals surface area (Å²) in [6, 6.07) is 0. The van der Waals surface area contributed by atoms with Gasteiger partial charge in [-0.2, -0.15) is 4.98 Å². The molecular weight excluding hydrogens is 246 g/mol. The van der Waals surface area contributed by atoms with Crippen molar-refractivity contribution in [1.82, 2.24) is 15.0 Å². The van der Waals surface area contributed by atoms with Gasteiger partial charge in [0.2, 0.25) is 5.89 Å². The van der Waals surface area contributed by atoms with Gasteiger partial charge in [0.15, 0.2) is 5.82 Å². The van der Waals surface area contributed by atoms with Gasteiger partial charge in [-0.25, -0.2) is 0 Å². The van der Waals surface area contributed by atoms with Gasteiger partial charge in [0.1, 0.15) is 0 Å². The van der Waals surface area contributed by atoms with Crippen LogP contribution in [-0.2, 0) is 16.8 Å². The average molecular weight is 267 g/mol. The largest absolute Gasteiger partial charge is 0.481 e. The first-order valence-corrected chi connectivity index (χ1v) is 6.49. The molecule has 0 saturated carbocycles. The standard InChI is InChI=1S/C13H21N3O3/c1-12(2,3)10-14-9(19-15-10)7-16-6-5-13(4,8-16)11(17)18/h5-8H2,1-4H3,(H,17,18). The van der Waals surface area contributed by atoms with Gasteiger partial charge in [0.25, 0.3) is 0 Å². The van der Waals surface area contributed by atoms with Gasteiger partial charge in [-0.15, -0.1) is 0 Å². The van der Waals surface area contributed by atoms with E-state index in [9.17, 15) is 9.90 Å². The highest BCUT2D eigenvalue weighted by atomic mass is 16.5. The summed E-state index contributed by atoms with van der Waals surface area (Å²) in [6.07, 6.45) is 0.655. The Balaban J connectivity index is 2.00. The van der Waals surface area contributed by atoms with Gasteiger partial charge >= 0.3 is 5.97 Å². The number of carboxylic acids is 1. The number of hydrogen-bond acceptors (Lipinski definition) is 5. The highest BCUT2D eigenvalue weighted by Crippen LogP contribution is 2.31. The first kappa shape index (κ1) is 14.0. The Labute approximate surface area is 112 Å². The van der Waals surface area contributed by atoms with Gasteiger partial charge in [-0.1, -0.05) is 25.9 Å². The summed E-state index contributed by atoms with van der Waals surface area (Å²) in [5.74, 6) is 0.498. The van der Waals surface area contributed by atoms with E-state index in [0.717, 1.165) is 6.54 Å². The maximum absolute atomic E-state index is 11.2. The van der Waals surface area contributed by atoms with Crippen LogP contribution in [0.3, 0.4) is 0 Å². The van der Waals surface area contributed by atoms with Crippen LogP contribution in [0.2, 0.25) is 0 Å². The molecule has 19 heavy (non-hydrogen) atoms. The van der Waals surface area contributed by atoms with Crippen molar-refractivity contribution in [3.05, 3.63) is 11.7 Å². The Kier molecular flexibility index (Phi) is 3.38. The fourth-order valence-electron chi connectivity index (χ4n) is 2.18. The molecule has 1 aliphatic heterocycles. The summed E-state index contributed by atoms with van der Waals surface area (Å²) < 4.78 is 5.23. The molecule has 1 fully saturated rings. The topological polar surface area (TPSA) is 79.5 Å². The average Bonchev–Trinajstić information content (AvgIpc) is 2.86. The highest BCUT2D eigenvalue weighted by molar-refractivity contribution is 5.74. The van der Waals surface area contributed by atoms with Crippen LogP contribution in [0.25, 0.3) is 0 Å². The monoisotopic (exact) mass is 267 g/mol. The minimum Gasteiger partial charge on any atom is -0.481 e. The van der Waals surface area contributed by atoms with E-state index in [-0.39, 0.29) is 5.41 Å². The second-order valence-corrected chi connectivity index (χ2v) is 6.59. The van der Waals surface area contributed by atoms with Gasteiger partial charge in [0.05, 0.1) is 12.0 Å². The number of nitrogens with zero attached hydrogens (tertiary/aromatic N) is 3. The summed E-state index contributed by atoms with van der Waals surface area (Å²) >= 11 is 0. The minimum atomic E-state index is -0.740. The molecule has 6 nitrogen and oxygen atoms in total. The van der Waals surface area contributed by atoms with Crippen molar-refractivity contribution in [3.8, 4) is 0 Å². The zero-order valence-corrected chi connectivity index (χ0v) is 11.9. The summed E-state index contributed by atoms with van der Waals surface area (Å²) in [5, 5.41) is 13.2. The van der Waals surface area contributed by atoms with E-state index in [1.807, 2.05) is 25.7 Å². The predicted molar refractivity (Wildman–Crippen MR) is 68.6 cm³/mol. The van der Waals surface area contributed by atoms with Crippen LogP contribution in [0, 0.1) is 5.41 Å². The third-order valence-corrected chi connectivity index (χ3v) is 3.57. The van der Waals surface area contributed by atoms with E-state index in [1.165, 1.54) is 0 Å². The second-order valence-electron chi connectivity index (χ2n) is 6.59. The van der Waals surface area contributed by atoms with Gasteiger partial charge in [-0.3, -0.25) is 9.69 Å². The smallest absolute Gasteiger partial charge is 0.310 e. The fraction of sp³-hybridized carbons (Fsp3) is 0.769. The Morgan fingerprint density at radius 3 is 2.68 bits per heavy atom. The molecule has 1 aliphatic rings. The molecular formula is C13H21N3O3. The normalized spacial score (nSPS) is 24.8. The predicted octanol–water partition coefficient (Wildman–Crippen LogP) is 1.66. The molecule has 0 aliphatic carbocycles. The Morgan fingerprint density at radius 2 is 2.21 bits per heavy atom. The molecule has 0 amide bonds. The first-order chi connectivity index (χ1) is 8.71. The number of likely N-dealkylation sites (tertiary alicyclic amines) is 1. The van der Waals surface area contributed by atoms with Crippen molar-refractivity contribution in [2.24, 2.45) is 5.41 Å². The van der Waals surface area contributed by atoms with Crippen molar-refractivity contribution in [3.63, 3.8) is 0 Å².